The molecule has 102 valence electrons. The first kappa shape index (κ1) is 14.3. The van der Waals surface area contributed by atoms with Gasteiger partial charge in [0.1, 0.15) is 11.5 Å². The molecule has 1 unspecified atom stereocenters. The molecule has 0 aromatic carbocycles. The summed E-state index contributed by atoms with van der Waals surface area (Å²) in [4.78, 5) is 23.4. The van der Waals surface area contributed by atoms with Crippen LogP contribution in [-0.2, 0) is 9.59 Å². The Kier molecular flexibility index (Phi) is 4.15. The molecule has 1 fully saturated rings. The Morgan fingerprint density at radius 1 is 1.33 bits per heavy atom. The van der Waals surface area contributed by atoms with Crippen LogP contribution in [0.4, 0.5) is 0 Å². The summed E-state index contributed by atoms with van der Waals surface area (Å²) in [5, 5.41) is 14.2. The summed E-state index contributed by atoms with van der Waals surface area (Å²) in [6.45, 7) is 3.57. The molecule has 0 bridgehead atoms. The van der Waals surface area contributed by atoms with Gasteiger partial charge in [0.15, 0.2) is 5.84 Å². The summed E-state index contributed by atoms with van der Waals surface area (Å²) in [7, 11) is 0. The largest absolute Gasteiger partial charge is 0.409 e. The van der Waals surface area contributed by atoms with E-state index in [1.165, 1.54) is 0 Å². The van der Waals surface area contributed by atoms with Crippen molar-refractivity contribution in [3.8, 4) is 0 Å². The van der Waals surface area contributed by atoms with Gasteiger partial charge < -0.3 is 22.0 Å². The van der Waals surface area contributed by atoms with E-state index in [0.29, 0.717) is 12.8 Å². The molecule has 1 saturated carbocycles. The van der Waals surface area contributed by atoms with Crippen molar-refractivity contribution >= 4 is 17.6 Å². The first-order valence-electron chi connectivity index (χ1n) is 5.93. The number of nitrogens with zero attached hydrogens (tertiary/aromatic N) is 1. The molecule has 6 N–H and O–H groups in total. The number of primary amides is 1. The van der Waals surface area contributed by atoms with Crippen LogP contribution in [0.25, 0.3) is 0 Å². The molecule has 0 spiro atoms. The number of amidine groups is 1. The number of oxime groups is 1. The van der Waals surface area contributed by atoms with Crippen LogP contribution in [-0.4, -0.2) is 28.9 Å². The molecular weight excluding hydrogens is 236 g/mol. The van der Waals surface area contributed by atoms with Crippen molar-refractivity contribution < 1.29 is 14.8 Å². The Balaban J connectivity index is 2.83. The highest BCUT2D eigenvalue weighted by molar-refractivity contribution is 6.08. The quantitative estimate of drug-likeness (QED) is 0.229. The second-order valence-electron chi connectivity index (χ2n) is 5.02. The van der Waals surface area contributed by atoms with E-state index < -0.39 is 23.3 Å². The summed E-state index contributed by atoms with van der Waals surface area (Å²) in [5.41, 5.74) is 9.81. The maximum Gasteiger partial charge on any atom is 0.240 e. The van der Waals surface area contributed by atoms with Crippen molar-refractivity contribution in [2.45, 2.75) is 39.2 Å². The fourth-order valence-corrected chi connectivity index (χ4v) is 2.07. The van der Waals surface area contributed by atoms with Crippen LogP contribution in [0.5, 0.6) is 0 Å². The number of nitrogens with two attached hydrogens (primary N) is 2. The Labute approximate surface area is 106 Å². The molecule has 1 rings (SSSR count). The third-order valence-corrected chi connectivity index (χ3v) is 3.50. The zero-order valence-corrected chi connectivity index (χ0v) is 10.6. The van der Waals surface area contributed by atoms with Crippen molar-refractivity contribution in [3.63, 3.8) is 0 Å². The number of rotatable bonds is 5. The number of carbonyl (C=O) groups is 2. The van der Waals surface area contributed by atoms with Gasteiger partial charge in [-0.05, 0) is 18.8 Å². The van der Waals surface area contributed by atoms with Crippen LogP contribution >= 0.6 is 0 Å². The van der Waals surface area contributed by atoms with Crippen molar-refractivity contribution in [2.75, 3.05) is 0 Å². The summed E-state index contributed by atoms with van der Waals surface area (Å²) in [6, 6.07) is -0.749. The lowest BCUT2D eigenvalue weighted by Crippen LogP contribution is -2.58. The number of nitrogens with one attached hydrogen (secondary N) is 1. The van der Waals surface area contributed by atoms with E-state index in [2.05, 4.69) is 10.5 Å². The molecule has 0 aliphatic heterocycles. The van der Waals surface area contributed by atoms with Gasteiger partial charge in [0.05, 0.1) is 0 Å². The molecule has 0 aromatic rings. The highest BCUT2D eigenvalue weighted by atomic mass is 16.4. The number of hydrogen-bond acceptors (Lipinski definition) is 4. The van der Waals surface area contributed by atoms with Crippen molar-refractivity contribution in [1.29, 1.82) is 0 Å². The molecule has 1 aliphatic rings. The smallest absolute Gasteiger partial charge is 0.240 e. The van der Waals surface area contributed by atoms with E-state index in [-0.39, 0.29) is 11.8 Å². The van der Waals surface area contributed by atoms with E-state index in [1.54, 1.807) is 13.8 Å². The van der Waals surface area contributed by atoms with Gasteiger partial charge in [-0.3, -0.25) is 9.59 Å². The van der Waals surface area contributed by atoms with Crippen LogP contribution < -0.4 is 16.8 Å². The Bertz CT molecular complexity index is 374. The average Bonchev–Trinajstić information content (AvgIpc) is 2.22. The van der Waals surface area contributed by atoms with Gasteiger partial charge >= 0.3 is 0 Å². The lowest BCUT2D eigenvalue weighted by Gasteiger charge is -2.39. The van der Waals surface area contributed by atoms with Crippen LogP contribution in [0.1, 0.15) is 33.1 Å². The molecule has 1 atom stereocenters. The second kappa shape index (κ2) is 5.24. The highest BCUT2D eigenvalue weighted by Crippen LogP contribution is 2.41. The zero-order valence-electron chi connectivity index (χ0n) is 10.6. The predicted octanol–water partition coefficient (Wildman–Crippen LogP) is -0.471. The lowest BCUT2D eigenvalue weighted by atomic mass is 9.67. The monoisotopic (exact) mass is 256 g/mol. The minimum Gasteiger partial charge on any atom is -0.409 e. The van der Waals surface area contributed by atoms with Gasteiger partial charge in [0.2, 0.25) is 11.8 Å². The van der Waals surface area contributed by atoms with Gasteiger partial charge in [-0.2, -0.15) is 0 Å². The van der Waals surface area contributed by atoms with Crippen molar-refractivity contribution in [2.24, 2.45) is 28.0 Å². The van der Waals surface area contributed by atoms with Crippen molar-refractivity contribution in [1.82, 2.24) is 5.32 Å². The third-order valence-electron chi connectivity index (χ3n) is 3.50. The maximum atomic E-state index is 12.2. The van der Waals surface area contributed by atoms with E-state index in [0.717, 1.165) is 6.42 Å². The summed E-state index contributed by atoms with van der Waals surface area (Å²) < 4.78 is 0. The molecule has 18 heavy (non-hydrogen) atoms. The third kappa shape index (κ3) is 2.39. The van der Waals surface area contributed by atoms with E-state index >= 15 is 0 Å². The zero-order chi connectivity index (χ0) is 13.9. The Hall–Kier alpha value is -1.79. The number of amides is 2. The summed E-state index contributed by atoms with van der Waals surface area (Å²) in [6.07, 6.45) is 1.85. The Morgan fingerprint density at radius 2 is 1.89 bits per heavy atom. The van der Waals surface area contributed by atoms with Gasteiger partial charge in [0.25, 0.3) is 0 Å². The maximum absolute atomic E-state index is 12.2. The molecule has 1 aliphatic carbocycles. The number of hydrogen-bond donors (Lipinski definition) is 4. The number of carbonyl (C=O) groups excluding carboxylic acids is 2. The van der Waals surface area contributed by atoms with Gasteiger partial charge in [-0.25, -0.2) is 0 Å². The van der Waals surface area contributed by atoms with Crippen molar-refractivity contribution in [3.05, 3.63) is 0 Å². The standard InChI is InChI=1S/C11H20N4O3/c1-6(2)7(8(12)16)14-10(17)11(4-3-5-11)9(13)15-18/h6-7,18H,3-5H2,1-2H3,(H2,12,16)(H2,13,15)(H,14,17). The minimum absolute atomic E-state index is 0.113. The lowest BCUT2D eigenvalue weighted by molar-refractivity contribution is -0.135. The van der Waals surface area contributed by atoms with E-state index in [4.69, 9.17) is 16.7 Å². The van der Waals surface area contributed by atoms with Gasteiger partial charge in [-0.1, -0.05) is 25.4 Å². The molecule has 7 nitrogen and oxygen atoms in total. The van der Waals surface area contributed by atoms with Gasteiger partial charge in [0, 0.05) is 0 Å². The highest BCUT2D eigenvalue weighted by Gasteiger charge is 2.49. The Morgan fingerprint density at radius 3 is 2.17 bits per heavy atom. The molecule has 0 saturated heterocycles. The van der Waals surface area contributed by atoms with E-state index in [1.807, 2.05) is 0 Å². The average molecular weight is 256 g/mol. The van der Waals surface area contributed by atoms with Crippen LogP contribution in [0, 0.1) is 11.3 Å². The minimum atomic E-state index is -0.989. The van der Waals surface area contributed by atoms with E-state index in [9.17, 15) is 9.59 Å². The molecule has 0 aromatic heterocycles. The normalized spacial score (nSPS) is 20.1. The van der Waals surface area contributed by atoms with Crippen LogP contribution in [0.15, 0.2) is 5.16 Å². The fraction of sp³-hybridized carbons (Fsp3) is 0.727. The molecular formula is C11H20N4O3. The fourth-order valence-electron chi connectivity index (χ4n) is 2.07. The molecule has 0 heterocycles. The molecule has 7 heteroatoms. The van der Waals surface area contributed by atoms with Crippen LogP contribution in [0.2, 0.25) is 0 Å². The molecule has 0 radical (unpaired) electrons. The SMILES string of the molecule is CC(C)C(NC(=O)C1(C(N)=NO)CCC1)C(N)=O. The topological polar surface area (TPSA) is 131 Å². The van der Waals surface area contributed by atoms with Gasteiger partial charge in [-0.15, -0.1) is 0 Å². The predicted molar refractivity (Wildman–Crippen MR) is 65.7 cm³/mol. The second-order valence-corrected chi connectivity index (χ2v) is 5.02. The first-order valence-corrected chi connectivity index (χ1v) is 5.93. The summed E-state index contributed by atoms with van der Waals surface area (Å²) >= 11 is 0. The van der Waals surface area contributed by atoms with Crippen LogP contribution in [0.3, 0.4) is 0 Å². The molecule has 2 amide bonds. The summed E-state index contributed by atoms with van der Waals surface area (Å²) in [5.74, 6) is -1.22. The first-order chi connectivity index (χ1) is 8.35.